The van der Waals surface area contributed by atoms with Crippen LogP contribution in [0.15, 0.2) is 0 Å². The average Bonchev–Trinajstić information content (AvgIpc) is 1.82. The Balaban J connectivity index is 3.67. The van der Waals surface area contributed by atoms with Gasteiger partial charge in [0.25, 0.3) is 6.92 Å². The lowest BCUT2D eigenvalue weighted by Gasteiger charge is -2.26. The third-order valence-electron chi connectivity index (χ3n) is 2.44. The highest BCUT2D eigenvalue weighted by atomic mass is 16.4. The molecule has 0 fully saturated rings. The molecule has 0 unspecified atom stereocenters. The van der Waals surface area contributed by atoms with Gasteiger partial charge in [-0.3, -0.25) is 0 Å². The van der Waals surface area contributed by atoms with Crippen LogP contribution in [0.4, 0.5) is 0 Å². The van der Waals surface area contributed by atoms with Crippen LogP contribution in [-0.2, 0) is 4.65 Å². The van der Waals surface area contributed by atoms with Crippen LogP contribution in [0, 0.1) is 5.41 Å². The lowest BCUT2D eigenvalue weighted by molar-refractivity contribution is 0.236. The van der Waals surface area contributed by atoms with Crippen LogP contribution in [0.5, 0.6) is 0 Å². The summed E-state index contributed by atoms with van der Waals surface area (Å²) in [5.41, 5.74) is 0.387. The Morgan fingerprint density at radius 3 is 1.77 bits per heavy atom. The molecule has 0 heterocycles. The lowest BCUT2D eigenvalue weighted by atomic mass is 9.49. The molecule has 1 nitrogen and oxygen atoms in total. The van der Waals surface area contributed by atoms with Crippen molar-refractivity contribution in [3.05, 3.63) is 0 Å². The maximum atomic E-state index is 5.78. The molecular formula is C11H25BO. The Hall–Kier alpha value is 0.0249. The van der Waals surface area contributed by atoms with E-state index in [9.17, 15) is 0 Å². The molecule has 0 saturated heterocycles. The van der Waals surface area contributed by atoms with E-state index in [2.05, 4.69) is 48.4 Å². The summed E-state index contributed by atoms with van der Waals surface area (Å²) in [6.45, 7) is 16.8. The highest BCUT2D eigenvalue weighted by molar-refractivity contribution is 6.53. The zero-order valence-electron chi connectivity index (χ0n) is 10.4. The molecule has 0 aliphatic heterocycles. The second kappa shape index (κ2) is 4.50. The topological polar surface area (TPSA) is 9.23 Å². The average molecular weight is 184 g/mol. The summed E-state index contributed by atoms with van der Waals surface area (Å²) in [7, 11) is 0. The minimum atomic E-state index is 0.262. The van der Waals surface area contributed by atoms with Gasteiger partial charge in [-0.05, 0) is 17.2 Å². The van der Waals surface area contributed by atoms with Crippen molar-refractivity contribution >= 4 is 6.92 Å². The molecule has 0 rings (SSSR count). The van der Waals surface area contributed by atoms with Crippen LogP contribution < -0.4 is 0 Å². The molecule has 0 aliphatic rings. The number of hydrogen-bond donors (Lipinski definition) is 0. The molecule has 0 radical (unpaired) electrons. The Kier molecular flexibility index (Phi) is 4.51. The van der Waals surface area contributed by atoms with E-state index in [-0.39, 0.29) is 5.31 Å². The quantitative estimate of drug-likeness (QED) is 0.605. The van der Waals surface area contributed by atoms with E-state index in [1.54, 1.807) is 0 Å². The first kappa shape index (κ1) is 13.0. The van der Waals surface area contributed by atoms with Crippen molar-refractivity contribution < 1.29 is 4.65 Å². The standard InChI is InChI=1S/C11H25BO/c1-10(2,3)8-9-13-12(7)11(4,5)6/h8-9H2,1-7H3. The molecule has 0 N–H and O–H groups in total. The normalized spacial score (nSPS) is 13.2. The number of rotatable bonds is 3. The van der Waals surface area contributed by atoms with Crippen molar-refractivity contribution in [1.82, 2.24) is 0 Å². The molecular weight excluding hydrogens is 159 g/mol. The van der Waals surface area contributed by atoms with Gasteiger partial charge < -0.3 is 4.65 Å². The minimum Gasteiger partial charge on any atom is -0.436 e. The predicted molar refractivity (Wildman–Crippen MR) is 61.4 cm³/mol. The Morgan fingerprint density at radius 1 is 1.00 bits per heavy atom. The Morgan fingerprint density at radius 2 is 1.46 bits per heavy atom. The first-order valence-electron chi connectivity index (χ1n) is 5.24. The molecule has 0 saturated carbocycles. The number of hydrogen-bond acceptors (Lipinski definition) is 1. The van der Waals surface area contributed by atoms with Crippen molar-refractivity contribution in [2.45, 2.75) is 60.1 Å². The van der Waals surface area contributed by atoms with Crippen molar-refractivity contribution in [3.63, 3.8) is 0 Å². The maximum Gasteiger partial charge on any atom is 0.295 e. The minimum absolute atomic E-state index is 0.262. The van der Waals surface area contributed by atoms with E-state index >= 15 is 0 Å². The summed E-state index contributed by atoms with van der Waals surface area (Å²) in [6, 6.07) is 0. The van der Waals surface area contributed by atoms with Crippen molar-refractivity contribution in [2.75, 3.05) is 6.61 Å². The highest BCUT2D eigenvalue weighted by Gasteiger charge is 2.25. The maximum absolute atomic E-state index is 5.78. The zero-order chi connectivity index (χ0) is 10.7. The Bertz CT molecular complexity index is 141. The summed E-state index contributed by atoms with van der Waals surface area (Å²) in [5.74, 6) is 0. The SMILES string of the molecule is CB(OCCC(C)(C)C)C(C)(C)C. The summed E-state index contributed by atoms with van der Waals surface area (Å²) in [5, 5.41) is 0.262. The van der Waals surface area contributed by atoms with E-state index in [0.29, 0.717) is 12.3 Å². The molecule has 13 heavy (non-hydrogen) atoms. The van der Waals surface area contributed by atoms with Crippen LogP contribution in [-0.4, -0.2) is 13.5 Å². The molecule has 0 bridgehead atoms. The Labute approximate surface area is 84.4 Å². The second-order valence-electron chi connectivity index (χ2n) is 6.19. The molecule has 0 aromatic rings. The van der Waals surface area contributed by atoms with Gasteiger partial charge in [-0.15, -0.1) is 0 Å². The third-order valence-corrected chi connectivity index (χ3v) is 2.44. The van der Waals surface area contributed by atoms with Gasteiger partial charge in [0.1, 0.15) is 0 Å². The highest BCUT2D eigenvalue weighted by Crippen LogP contribution is 2.28. The van der Waals surface area contributed by atoms with E-state index in [1.165, 1.54) is 0 Å². The van der Waals surface area contributed by atoms with E-state index in [0.717, 1.165) is 13.0 Å². The van der Waals surface area contributed by atoms with Gasteiger partial charge in [0.2, 0.25) is 0 Å². The molecule has 0 spiro atoms. The van der Waals surface area contributed by atoms with Crippen molar-refractivity contribution in [3.8, 4) is 0 Å². The summed E-state index contributed by atoms with van der Waals surface area (Å²) in [4.78, 5) is 0. The summed E-state index contributed by atoms with van der Waals surface area (Å²) in [6.07, 6.45) is 1.13. The molecule has 0 aliphatic carbocycles. The third kappa shape index (κ3) is 7.12. The fourth-order valence-corrected chi connectivity index (χ4v) is 0.792. The first-order chi connectivity index (χ1) is 5.63. The zero-order valence-corrected chi connectivity index (χ0v) is 10.4. The lowest BCUT2D eigenvalue weighted by Crippen LogP contribution is -2.27. The van der Waals surface area contributed by atoms with Crippen LogP contribution in [0.3, 0.4) is 0 Å². The van der Waals surface area contributed by atoms with Gasteiger partial charge in [-0.1, -0.05) is 48.4 Å². The van der Waals surface area contributed by atoms with Gasteiger partial charge in [0.05, 0.1) is 0 Å². The molecule has 0 aromatic carbocycles. The van der Waals surface area contributed by atoms with Gasteiger partial charge in [-0.25, -0.2) is 0 Å². The first-order valence-corrected chi connectivity index (χ1v) is 5.24. The molecule has 0 aromatic heterocycles. The van der Waals surface area contributed by atoms with Gasteiger partial charge in [-0.2, -0.15) is 0 Å². The van der Waals surface area contributed by atoms with Crippen LogP contribution in [0.2, 0.25) is 12.1 Å². The fraction of sp³-hybridized carbons (Fsp3) is 1.00. The van der Waals surface area contributed by atoms with E-state index < -0.39 is 0 Å². The molecule has 0 amide bonds. The largest absolute Gasteiger partial charge is 0.436 e. The van der Waals surface area contributed by atoms with Gasteiger partial charge >= 0.3 is 0 Å². The van der Waals surface area contributed by atoms with Gasteiger partial charge in [0, 0.05) is 6.61 Å². The van der Waals surface area contributed by atoms with Crippen LogP contribution in [0.1, 0.15) is 48.0 Å². The van der Waals surface area contributed by atoms with E-state index in [4.69, 9.17) is 4.65 Å². The predicted octanol–water partition coefficient (Wildman–Crippen LogP) is 3.86. The van der Waals surface area contributed by atoms with Crippen LogP contribution >= 0.6 is 0 Å². The van der Waals surface area contributed by atoms with Crippen molar-refractivity contribution in [2.24, 2.45) is 5.41 Å². The molecule has 2 heteroatoms. The summed E-state index contributed by atoms with van der Waals surface area (Å²) < 4.78 is 5.78. The monoisotopic (exact) mass is 184 g/mol. The fourth-order valence-electron chi connectivity index (χ4n) is 0.792. The van der Waals surface area contributed by atoms with E-state index in [1.807, 2.05) is 0 Å². The molecule has 78 valence electrons. The van der Waals surface area contributed by atoms with Gasteiger partial charge in [0.15, 0.2) is 0 Å². The molecule has 0 atom stereocenters. The summed E-state index contributed by atoms with van der Waals surface area (Å²) >= 11 is 0. The van der Waals surface area contributed by atoms with Crippen molar-refractivity contribution in [1.29, 1.82) is 0 Å². The van der Waals surface area contributed by atoms with Crippen LogP contribution in [0.25, 0.3) is 0 Å². The second-order valence-corrected chi connectivity index (χ2v) is 6.19. The smallest absolute Gasteiger partial charge is 0.295 e.